The van der Waals surface area contributed by atoms with Gasteiger partial charge in [-0.3, -0.25) is 4.79 Å². The Labute approximate surface area is 213 Å². The van der Waals surface area contributed by atoms with Crippen molar-refractivity contribution in [3.8, 4) is 0 Å². The maximum atomic E-state index is 13.3. The molecule has 0 bridgehead atoms. The number of ketones is 1. The molecule has 0 aromatic carbocycles. The molecule has 2 aliphatic carbocycles. The molecule has 196 valence electrons. The molecule has 2 fully saturated rings. The summed E-state index contributed by atoms with van der Waals surface area (Å²) in [6.07, 6.45) is 14.3. The second kappa shape index (κ2) is 11.3. The van der Waals surface area contributed by atoms with E-state index in [2.05, 4.69) is 86.5 Å². The van der Waals surface area contributed by atoms with E-state index in [9.17, 15) is 4.79 Å². The van der Waals surface area contributed by atoms with E-state index in [0.717, 1.165) is 6.42 Å². The highest BCUT2D eigenvalue weighted by molar-refractivity contribution is 6.74. The van der Waals surface area contributed by atoms with Gasteiger partial charge in [0.25, 0.3) is 0 Å². The maximum Gasteiger partial charge on any atom is 0.192 e. The highest BCUT2D eigenvalue weighted by atomic mass is 28.4. The predicted molar refractivity (Wildman–Crippen MR) is 151 cm³/mol. The summed E-state index contributed by atoms with van der Waals surface area (Å²) >= 11 is 0. The summed E-state index contributed by atoms with van der Waals surface area (Å²) in [4.78, 5) is 13.3. The molecule has 0 aromatic heterocycles. The zero-order chi connectivity index (χ0) is 25.9. The van der Waals surface area contributed by atoms with E-state index in [1.54, 1.807) is 0 Å². The van der Waals surface area contributed by atoms with Crippen molar-refractivity contribution >= 4 is 22.4 Å². The smallest absolute Gasteiger partial charge is 0.192 e. The molecule has 4 atom stereocenters. The van der Waals surface area contributed by atoms with Crippen molar-refractivity contribution < 1.29 is 13.6 Å². The van der Waals surface area contributed by atoms with E-state index in [-0.39, 0.29) is 34.1 Å². The number of allylic oxidation sites excluding steroid dienone is 2. The molecule has 34 heavy (non-hydrogen) atoms. The van der Waals surface area contributed by atoms with Crippen molar-refractivity contribution in [3.63, 3.8) is 0 Å². The fraction of sp³-hybridized carbons (Fsp3) is 0.828. The Kier molecular flexibility index (Phi) is 9.85. The van der Waals surface area contributed by atoms with Crippen LogP contribution in [-0.4, -0.2) is 34.6 Å². The van der Waals surface area contributed by atoms with E-state index < -0.39 is 16.6 Å². The van der Waals surface area contributed by atoms with Crippen LogP contribution in [0.3, 0.4) is 0 Å². The number of Topliss-reactive ketones (excluding diaryl/α,β-unsaturated/α-hetero) is 1. The predicted octanol–water partition coefficient (Wildman–Crippen LogP) is 8.69. The van der Waals surface area contributed by atoms with Gasteiger partial charge in [-0.1, -0.05) is 79.0 Å². The van der Waals surface area contributed by atoms with Crippen molar-refractivity contribution in [2.75, 3.05) is 0 Å². The molecule has 0 heterocycles. The van der Waals surface area contributed by atoms with Crippen LogP contribution in [0.15, 0.2) is 24.8 Å². The molecule has 2 rings (SSSR count). The molecule has 2 aliphatic rings. The first-order valence-electron chi connectivity index (χ1n) is 13.7. The second-order valence-corrected chi connectivity index (χ2v) is 23.4. The molecule has 0 aliphatic heterocycles. The van der Waals surface area contributed by atoms with Crippen LogP contribution in [0.5, 0.6) is 0 Å². The molecule has 5 heteroatoms. The van der Waals surface area contributed by atoms with Gasteiger partial charge < -0.3 is 8.85 Å². The monoisotopic (exact) mass is 506 g/mol. The molecule has 0 radical (unpaired) electrons. The van der Waals surface area contributed by atoms with Gasteiger partial charge in [0, 0.05) is 18.3 Å². The van der Waals surface area contributed by atoms with E-state index in [0.29, 0.717) is 18.1 Å². The summed E-state index contributed by atoms with van der Waals surface area (Å²) in [5, 5.41) is 0.302. The zero-order valence-corrected chi connectivity index (χ0v) is 26.0. The minimum Gasteiger partial charge on any atom is -0.413 e. The van der Waals surface area contributed by atoms with Crippen LogP contribution in [0.1, 0.15) is 86.5 Å². The minimum atomic E-state index is -1.95. The van der Waals surface area contributed by atoms with Gasteiger partial charge in [-0.15, -0.1) is 6.58 Å². The van der Waals surface area contributed by atoms with Crippen LogP contribution in [0.4, 0.5) is 0 Å². The first-order valence-corrected chi connectivity index (χ1v) is 19.5. The molecular formula is C29H54O3Si2. The fourth-order valence-electron chi connectivity index (χ4n) is 4.88. The number of hydrogen-bond acceptors (Lipinski definition) is 3. The average Bonchev–Trinajstić information content (AvgIpc) is 2.98. The summed E-state index contributed by atoms with van der Waals surface area (Å²) in [6.45, 7) is 27.0. The van der Waals surface area contributed by atoms with Crippen molar-refractivity contribution in [1.29, 1.82) is 0 Å². The summed E-state index contributed by atoms with van der Waals surface area (Å²) in [5.74, 6) is 0.964. The van der Waals surface area contributed by atoms with Gasteiger partial charge in [0.15, 0.2) is 16.6 Å². The van der Waals surface area contributed by atoms with E-state index in [1.165, 1.54) is 32.1 Å². The van der Waals surface area contributed by atoms with Crippen molar-refractivity contribution in [3.05, 3.63) is 24.8 Å². The van der Waals surface area contributed by atoms with Gasteiger partial charge in [0.1, 0.15) is 5.78 Å². The summed E-state index contributed by atoms with van der Waals surface area (Å²) in [7, 11) is -3.87. The van der Waals surface area contributed by atoms with Crippen molar-refractivity contribution in [1.82, 2.24) is 0 Å². The molecule has 0 unspecified atom stereocenters. The third-order valence-electron chi connectivity index (χ3n) is 9.26. The largest absolute Gasteiger partial charge is 0.413 e. The van der Waals surface area contributed by atoms with E-state index in [4.69, 9.17) is 8.85 Å². The van der Waals surface area contributed by atoms with Crippen LogP contribution in [0.2, 0.25) is 36.3 Å². The van der Waals surface area contributed by atoms with Crippen LogP contribution in [0, 0.1) is 17.8 Å². The maximum absolute atomic E-state index is 13.3. The van der Waals surface area contributed by atoms with Crippen LogP contribution in [-0.2, 0) is 13.6 Å². The number of rotatable bonds is 9. The Bertz CT molecular complexity index is 721. The van der Waals surface area contributed by atoms with E-state index in [1.807, 2.05) is 6.08 Å². The third kappa shape index (κ3) is 7.27. The second-order valence-electron chi connectivity index (χ2n) is 13.9. The quantitative estimate of drug-likeness (QED) is 0.232. The average molecular weight is 507 g/mol. The molecule has 2 saturated carbocycles. The lowest BCUT2D eigenvalue weighted by Gasteiger charge is -2.41. The first kappa shape index (κ1) is 29.7. The Hall–Kier alpha value is -0.496. The van der Waals surface area contributed by atoms with Gasteiger partial charge in [0.05, 0.1) is 12.2 Å². The fourth-order valence-corrected chi connectivity index (χ4v) is 7.56. The van der Waals surface area contributed by atoms with Gasteiger partial charge >= 0.3 is 0 Å². The summed E-state index contributed by atoms with van der Waals surface area (Å²) in [5.41, 5.74) is 0. The van der Waals surface area contributed by atoms with Crippen LogP contribution < -0.4 is 0 Å². The molecule has 0 amide bonds. The summed E-state index contributed by atoms with van der Waals surface area (Å²) < 4.78 is 13.8. The lowest BCUT2D eigenvalue weighted by atomic mass is 9.84. The first-order chi connectivity index (χ1) is 15.5. The molecule has 0 saturated heterocycles. The van der Waals surface area contributed by atoms with Crippen molar-refractivity contribution in [2.45, 2.75) is 135 Å². The topological polar surface area (TPSA) is 35.5 Å². The normalized spacial score (nSPS) is 26.9. The molecule has 0 spiro atoms. The standard InChI is InChI=1S/C29H54O3Si2/c1-12-16-24-23(25(30)21-27(24)32-34(10,11)29(5,6)7)19-20-26(22-17-14-13-15-18-22)31-33(8,9)28(2,3)4/h12,19-20,22-24,26-27H,1,13-18,21H2,2-11H3/t23-,24+,26-,27-/m1/s1. The summed E-state index contributed by atoms with van der Waals surface area (Å²) in [6, 6.07) is 0. The van der Waals surface area contributed by atoms with Gasteiger partial charge in [0.2, 0.25) is 0 Å². The number of carbonyl (C=O) groups excluding carboxylic acids is 1. The molecular weight excluding hydrogens is 452 g/mol. The Morgan fingerprint density at radius 1 is 0.971 bits per heavy atom. The molecule has 0 N–H and O–H groups in total. The lowest BCUT2D eigenvalue weighted by molar-refractivity contribution is -0.120. The molecule has 0 aromatic rings. The highest BCUT2D eigenvalue weighted by Crippen LogP contribution is 2.44. The van der Waals surface area contributed by atoms with E-state index >= 15 is 0 Å². The Morgan fingerprint density at radius 3 is 2.03 bits per heavy atom. The van der Waals surface area contributed by atoms with Gasteiger partial charge in [-0.05, 0) is 61.4 Å². The van der Waals surface area contributed by atoms with Crippen molar-refractivity contribution in [2.24, 2.45) is 17.8 Å². The SMILES string of the molecule is C=CC[C@@H]1[C@H](O[Si](C)(C)C(C)(C)C)CC(=O)[C@@H]1C=C[C@@H](O[Si](C)(C)C(C)(C)C)C1CCCCC1. The highest BCUT2D eigenvalue weighted by Gasteiger charge is 2.47. The van der Waals surface area contributed by atoms with Gasteiger partial charge in [-0.2, -0.15) is 0 Å². The van der Waals surface area contributed by atoms with Crippen LogP contribution >= 0.6 is 0 Å². The van der Waals surface area contributed by atoms with Crippen LogP contribution in [0.25, 0.3) is 0 Å². The number of carbonyl (C=O) groups is 1. The number of hydrogen-bond donors (Lipinski definition) is 0. The Balaban J connectivity index is 2.29. The molecule has 3 nitrogen and oxygen atoms in total. The van der Waals surface area contributed by atoms with Gasteiger partial charge in [-0.25, -0.2) is 0 Å². The lowest BCUT2D eigenvalue weighted by Crippen LogP contribution is -2.45. The Morgan fingerprint density at radius 2 is 1.53 bits per heavy atom. The zero-order valence-electron chi connectivity index (χ0n) is 24.0. The third-order valence-corrected chi connectivity index (χ3v) is 18.2. The minimum absolute atomic E-state index is 0.00418.